The lowest BCUT2D eigenvalue weighted by Gasteiger charge is -2.17. The van der Waals surface area contributed by atoms with Crippen molar-refractivity contribution < 1.29 is 4.39 Å². The molecule has 2 aromatic carbocycles. The molecule has 0 bridgehead atoms. The van der Waals surface area contributed by atoms with Gasteiger partial charge in [-0.05, 0) is 41.1 Å². The Labute approximate surface area is 131 Å². The SMILES string of the molecule is Cc1cccc(SCC(NN)c2cccc(Br)c2F)c1. The van der Waals surface area contributed by atoms with E-state index in [2.05, 4.69) is 40.4 Å². The molecule has 0 aliphatic heterocycles. The zero-order valence-corrected chi connectivity index (χ0v) is 13.5. The maximum Gasteiger partial charge on any atom is 0.142 e. The van der Waals surface area contributed by atoms with Crippen molar-refractivity contribution in [3.05, 3.63) is 63.9 Å². The summed E-state index contributed by atoms with van der Waals surface area (Å²) >= 11 is 4.85. The third-order valence-corrected chi connectivity index (χ3v) is 4.66. The maximum absolute atomic E-state index is 14.1. The summed E-state index contributed by atoms with van der Waals surface area (Å²) in [6.45, 7) is 2.05. The molecular weight excluding hydrogens is 339 g/mol. The lowest BCUT2D eigenvalue weighted by Crippen LogP contribution is -2.30. The Morgan fingerprint density at radius 1 is 1.30 bits per heavy atom. The number of aryl methyl sites for hydroxylation is 1. The number of benzene rings is 2. The van der Waals surface area contributed by atoms with E-state index in [9.17, 15) is 4.39 Å². The van der Waals surface area contributed by atoms with Gasteiger partial charge in [-0.25, -0.2) is 4.39 Å². The second-order valence-electron chi connectivity index (χ2n) is 4.49. The van der Waals surface area contributed by atoms with Crippen LogP contribution < -0.4 is 11.3 Å². The number of thioether (sulfide) groups is 1. The first-order valence-corrected chi connectivity index (χ1v) is 7.99. The smallest absolute Gasteiger partial charge is 0.142 e. The predicted octanol–water partition coefficient (Wildman–Crippen LogP) is 4.19. The van der Waals surface area contributed by atoms with Gasteiger partial charge in [-0.1, -0.05) is 29.8 Å². The predicted molar refractivity (Wildman–Crippen MR) is 86.1 cm³/mol. The van der Waals surface area contributed by atoms with Gasteiger partial charge in [-0.3, -0.25) is 11.3 Å². The van der Waals surface area contributed by atoms with E-state index < -0.39 is 0 Å². The summed E-state index contributed by atoms with van der Waals surface area (Å²) in [4.78, 5) is 1.15. The molecule has 0 amide bonds. The molecule has 0 aromatic heterocycles. The van der Waals surface area contributed by atoms with Gasteiger partial charge >= 0.3 is 0 Å². The highest BCUT2D eigenvalue weighted by Gasteiger charge is 2.16. The number of nitrogens with one attached hydrogen (secondary N) is 1. The first-order chi connectivity index (χ1) is 9.61. The molecule has 1 atom stereocenters. The average molecular weight is 355 g/mol. The van der Waals surface area contributed by atoms with E-state index in [0.29, 0.717) is 15.8 Å². The number of hydrogen-bond donors (Lipinski definition) is 2. The molecule has 3 N–H and O–H groups in total. The molecule has 2 nitrogen and oxygen atoms in total. The van der Waals surface area contributed by atoms with Gasteiger partial charge in [0, 0.05) is 16.2 Å². The fraction of sp³-hybridized carbons (Fsp3) is 0.200. The molecule has 2 rings (SSSR count). The quantitative estimate of drug-likeness (QED) is 0.480. The van der Waals surface area contributed by atoms with Crippen molar-refractivity contribution in [3.63, 3.8) is 0 Å². The molecule has 0 spiro atoms. The number of rotatable bonds is 5. The number of hydrogen-bond acceptors (Lipinski definition) is 3. The largest absolute Gasteiger partial charge is 0.271 e. The minimum absolute atomic E-state index is 0.238. The van der Waals surface area contributed by atoms with E-state index in [-0.39, 0.29) is 11.9 Å². The molecule has 1 unspecified atom stereocenters. The van der Waals surface area contributed by atoms with Crippen molar-refractivity contribution in [1.29, 1.82) is 0 Å². The van der Waals surface area contributed by atoms with E-state index in [1.54, 1.807) is 23.9 Å². The van der Waals surface area contributed by atoms with Crippen LogP contribution in [0.4, 0.5) is 4.39 Å². The summed E-state index contributed by atoms with van der Waals surface area (Å²) in [7, 11) is 0. The van der Waals surface area contributed by atoms with Gasteiger partial charge in [0.05, 0.1) is 10.5 Å². The fourth-order valence-corrected chi connectivity index (χ4v) is 3.36. The summed E-state index contributed by atoms with van der Waals surface area (Å²) in [5, 5.41) is 0. The van der Waals surface area contributed by atoms with Gasteiger partial charge in [0.1, 0.15) is 5.82 Å². The van der Waals surface area contributed by atoms with Crippen molar-refractivity contribution in [2.75, 3.05) is 5.75 Å². The Morgan fingerprint density at radius 2 is 2.05 bits per heavy atom. The van der Waals surface area contributed by atoms with Crippen LogP contribution in [-0.4, -0.2) is 5.75 Å². The standard InChI is InChI=1S/C15H16BrFN2S/c1-10-4-2-5-11(8-10)20-9-14(19-18)12-6-3-7-13(16)15(12)17/h2-8,14,19H,9,18H2,1H3. The van der Waals surface area contributed by atoms with Gasteiger partial charge in [0.25, 0.3) is 0 Å². The lowest BCUT2D eigenvalue weighted by atomic mass is 10.1. The fourth-order valence-electron chi connectivity index (χ4n) is 1.90. The Morgan fingerprint density at radius 3 is 2.75 bits per heavy atom. The number of halogens is 2. The summed E-state index contributed by atoms with van der Waals surface area (Å²) in [5.74, 6) is 5.97. The molecule has 0 fully saturated rings. The van der Waals surface area contributed by atoms with Crippen LogP contribution in [0.3, 0.4) is 0 Å². The van der Waals surface area contributed by atoms with Gasteiger partial charge in [0.2, 0.25) is 0 Å². The Kier molecular flexibility index (Phi) is 5.60. The van der Waals surface area contributed by atoms with E-state index in [1.165, 1.54) is 5.56 Å². The van der Waals surface area contributed by atoms with E-state index in [1.807, 2.05) is 18.2 Å². The van der Waals surface area contributed by atoms with Crippen LogP contribution in [0.5, 0.6) is 0 Å². The van der Waals surface area contributed by atoms with Gasteiger partial charge in [0.15, 0.2) is 0 Å². The Bertz CT molecular complexity index is 592. The third kappa shape index (κ3) is 3.82. The van der Waals surface area contributed by atoms with Gasteiger partial charge in [-0.2, -0.15) is 0 Å². The van der Waals surface area contributed by atoms with E-state index >= 15 is 0 Å². The van der Waals surface area contributed by atoms with Crippen LogP contribution in [0.1, 0.15) is 17.2 Å². The highest BCUT2D eigenvalue weighted by Crippen LogP contribution is 2.28. The summed E-state index contributed by atoms with van der Waals surface area (Å²) in [6, 6.07) is 13.2. The van der Waals surface area contributed by atoms with Crippen molar-refractivity contribution in [3.8, 4) is 0 Å². The van der Waals surface area contributed by atoms with Crippen molar-refractivity contribution >= 4 is 27.7 Å². The number of hydrazine groups is 1. The van der Waals surface area contributed by atoms with Crippen LogP contribution in [0.25, 0.3) is 0 Å². The Balaban J connectivity index is 2.11. The third-order valence-electron chi connectivity index (χ3n) is 2.96. The molecule has 0 saturated heterocycles. The minimum atomic E-state index is -0.264. The minimum Gasteiger partial charge on any atom is -0.271 e. The molecule has 0 aliphatic rings. The van der Waals surface area contributed by atoms with Crippen LogP contribution in [0, 0.1) is 12.7 Å². The van der Waals surface area contributed by atoms with E-state index in [4.69, 9.17) is 5.84 Å². The summed E-state index contributed by atoms with van der Waals surface area (Å²) < 4.78 is 14.5. The van der Waals surface area contributed by atoms with Crippen molar-refractivity contribution in [2.24, 2.45) is 5.84 Å². The highest BCUT2D eigenvalue weighted by molar-refractivity contribution is 9.10. The maximum atomic E-state index is 14.1. The second-order valence-corrected chi connectivity index (χ2v) is 6.44. The molecule has 0 radical (unpaired) electrons. The molecule has 20 heavy (non-hydrogen) atoms. The van der Waals surface area contributed by atoms with Gasteiger partial charge in [-0.15, -0.1) is 11.8 Å². The van der Waals surface area contributed by atoms with Crippen molar-refractivity contribution in [2.45, 2.75) is 17.9 Å². The topological polar surface area (TPSA) is 38.0 Å². The highest BCUT2D eigenvalue weighted by atomic mass is 79.9. The van der Waals surface area contributed by atoms with Crippen LogP contribution in [0.15, 0.2) is 51.8 Å². The monoisotopic (exact) mass is 354 g/mol. The average Bonchev–Trinajstić information content (AvgIpc) is 2.44. The molecule has 2 aromatic rings. The second kappa shape index (κ2) is 7.22. The molecule has 0 aliphatic carbocycles. The first-order valence-electron chi connectivity index (χ1n) is 6.21. The molecule has 0 heterocycles. The molecule has 5 heteroatoms. The first kappa shape index (κ1) is 15.5. The lowest BCUT2D eigenvalue weighted by molar-refractivity contribution is 0.543. The Hall–Kier alpha value is -0.880. The zero-order chi connectivity index (χ0) is 14.5. The van der Waals surface area contributed by atoms with E-state index in [0.717, 1.165) is 4.90 Å². The molecular formula is C15H16BrFN2S. The zero-order valence-electron chi connectivity index (χ0n) is 11.1. The van der Waals surface area contributed by atoms with Crippen LogP contribution in [0.2, 0.25) is 0 Å². The molecule has 106 valence electrons. The summed E-state index contributed by atoms with van der Waals surface area (Å²) in [5.41, 5.74) is 4.47. The van der Waals surface area contributed by atoms with Crippen LogP contribution in [-0.2, 0) is 0 Å². The van der Waals surface area contributed by atoms with Gasteiger partial charge < -0.3 is 0 Å². The number of nitrogens with two attached hydrogens (primary N) is 1. The molecule has 0 saturated carbocycles. The van der Waals surface area contributed by atoms with Crippen LogP contribution >= 0.6 is 27.7 Å². The summed E-state index contributed by atoms with van der Waals surface area (Å²) in [6.07, 6.45) is 0. The van der Waals surface area contributed by atoms with Crippen molar-refractivity contribution in [1.82, 2.24) is 5.43 Å². The normalized spacial score (nSPS) is 12.4.